The molecule has 6 heteroatoms. The van der Waals surface area contributed by atoms with Crippen LogP contribution in [0.2, 0.25) is 0 Å². The van der Waals surface area contributed by atoms with Crippen LogP contribution < -0.4 is 5.32 Å². The van der Waals surface area contributed by atoms with Crippen molar-refractivity contribution in [3.05, 3.63) is 11.4 Å². The number of nitrogens with one attached hydrogen (secondary N) is 1. The van der Waals surface area contributed by atoms with Crippen molar-refractivity contribution in [2.75, 3.05) is 6.26 Å². The number of aromatic nitrogens is 2. The average Bonchev–Trinajstić information content (AvgIpc) is 2.58. The number of hydrogen-bond donors (Lipinski definition) is 1. The fourth-order valence-corrected chi connectivity index (χ4v) is 2.67. The zero-order chi connectivity index (χ0) is 10.3. The van der Waals surface area contributed by atoms with Crippen LogP contribution in [0.5, 0.6) is 0 Å². The zero-order valence-corrected chi connectivity index (χ0v) is 9.06. The second-order valence-corrected chi connectivity index (χ2v) is 5.32. The highest BCUT2D eigenvalue weighted by molar-refractivity contribution is 7.90. The average molecular weight is 215 g/mol. The maximum atomic E-state index is 11.4. The molecular weight excluding hydrogens is 202 g/mol. The maximum absolute atomic E-state index is 11.4. The third kappa shape index (κ3) is 1.34. The van der Waals surface area contributed by atoms with E-state index in [-0.39, 0.29) is 5.16 Å². The fraction of sp³-hybridized carbons (Fsp3) is 0.625. The van der Waals surface area contributed by atoms with Gasteiger partial charge in [-0.15, -0.1) is 0 Å². The van der Waals surface area contributed by atoms with E-state index < -0.39 is 9.84 Å². The van der Waals surface area contributed by atoms with Crippen molar-refractivity contribution >= 4 is 9.84 Å². The minimum Gasteiger partial charge on any atom is -0.318 e. The summed E-state index contributed by atoms with van der Waals surface area (Å²) >= 11 is 0. The van der Waals surface area contributed by atoms with Gasteiger partial charge in [0, 0.05) is 25.9 Å². The standard InChI is InChI=1S/C8H13N3O2S/c1-3-11-7-5-9-4-6(7)10-8(11)14(2,12)13/h9H,3-5H2,1-2H3. The first-order chi connectivity index (χ1) is 6.54. The topological polar surface area (TPSA) is 64.0 Å². The first-order valence-electron chi connectivity index (χ1n) is 4.53. The van der Waals surface area contributed by atoms with Crippen LogP contribution in [0.3, 0.4) is 0 Å². The molecule has 0 saturated carbocycles. The molecule has 0 aliphatic carbocycles. The van der Waals surface area contributed by atoms with Crippen molar-refractivity contribution in [3.63, 3.8) is 0 Å². The van der Waals surface area contributed by atoms with Crippen LogP contribution >= 0.6 is 0 Å². The van der Waals surface area contributed by atoms with Gasteiger partial charge in [0.1, 0.15) is 0 Å². The Bertz CT molecular complexity index is 461. The second-order valence-electron chi connectivity index (χ2n) is 3.41. The lowest BCUT2D eigenvalue weighted by Gasteiger charge is -2.05. The normalized spacial score (nSPS) is 15.9. The molecule has 1 aliphatic rings. The number of hydrogen-bond acceptors (Lipinski definition) is 4. The quantitative estimate of drug-likeness (QED) is 0.749. The van der Waals surface area contributed by atoms with Gasteiger partial charge in [-0.25, -0.2) is 13.4 Å². The Kier molecular flexibility index (Phi) is 2.11. The Morgan fingerprint density at radius 3 is 2.79 bits per heavy atom. The Balaban J connectivity index is 2.64. The number of nitrogens with zero attached hydrogens (tertiary/aromatic N) is 2. The first kappa shape index (κ1) is 9.67. The summed E-state index contributed by atoms with van der Waals surface area (Å²) < 4.78 is 24.6. The smallest absolute Gasteiger partial charge is 0.227 e. The molecule has 1 aromatic rings. The molecule has 1 aliphatic heterocycles. The summed E-state index contributed by atoms with van der Waals surface area (Å²) in [5.74, 6) is 0. The van der Waals surface area contributed by atoms with Gasteiger partial charge in [-0.1, -0.05) is 0 Å². The number of sulfone groups is 1. The van der Waals surface area contributed by atoms with E-state index in [2.05, 4.69) is 10.3 Å². The molecule has 0 saturated heterocycles. The summed E-state index contributed by atoms with van der Waals surface area (Å²) in [7, 11) is -3.20. The van der Waals surface area contributed by atoms with Gasteiger partial charge in [0.05, 0.1) is 11.4 Å². The van der Waals surface area contributed by atoms with Gasteiger partial charge in [0.25, 0.3) is 0 Å². The summed E-state index contributed by atoms with van der Waals surface area (Å²) in [6.07, 6.45) is 1.20. The predicted molar refractivity (Wildman–Crippen MR) is 51.6 cm³/mol. The third-order valence-corrected chi connectivity index (χ3v) is 3.33. The second kappa shape index (κ2) is 3.06. The lowest BCUT2D eigenvalue weighted by Crippen LogP contribution is -2.13. The van der Waals surface area contributed by atoms with Crippen LogP contribution in [0, 0.1) is 0 Å². The molecule has 5 nitrogen and oxygen atoms in total. The molecule has 1 N–H and O–H groups in total. The molecule has 1 aromatic heterocycles. The summed E-state index contributed by atoms with van der Waals surface area (Å²) in [5, 5.41) is 3.34. The van der Waals surface area contributed by atoms with Crippen LogP contribution in [-0.4, -0.2) is 24.2 Å². The number of rotatable bonds is 2. The van der Waals surface area contributed by atoms with Gasteiger partial charge in [-0.2, -0.15) is 0 Å². The van der Waals surface area contributed by atoms with E-state index in [0.29, 0.717) is 19.6 Å². The van der Waals surface area contributed by atoms with Crippen molar-refractivity contribution in [2.24, 2.45) is 0 Å². The van der Waals surface area contributed by atoms with Crippen LogP contribution in [0.25, 0.3) is 0 Å². The van der Waals surface area contributed by atoms with Gasteiger partial charge in [0.2, 0.25) is 15.0 Å². The van der Waals surface area contributed by atoms with Crippen molar-refractivity contribution in [3.8, 4) is 0 Å². The van der Waals surface area contributed by atoms with E-state index in [4.69, 9.17) is 0 Å². The van der Waals surface area contributed by atoms with E-state index in [1.54, 1.807) is 4.57 Å². The molecule has 14 heavy (non-hydrogen) atoms. The third-order valence-electron chi connectivity index (χ3n) is 2.35. The Morgan fingerprint density at radius 1 is 1.50 bits per heavy atom. The molecule has 78 valence electrons. The molecular formula is C8H13N3O2S. The Morgan fingerprint density at radius 2 is 2.21 bits per heavy atom. The summed E-state index contributed by atoms with van der Waals surface area (Å²) in [6.45, 7) is 3.96. The SMILES string of the molecule is CCn1c(S(C)(=O)=O)nc2c1CNC2. The minimum atomic E-state index is -3.20. The molecule has 2 rings (SSSR count). The van der Waals surface area contributed by atoms with E-state index in [1.807, 2.05) is 6.92 Å². The van der Waals surface area contributed by atoms with Crippen LogP contribution in [0.4, 0.5) is 0 Å². The molecule has 0 fully saturated rings. The van der Waals surface area contributed by atoms with Crippen molar-refractivity contribution in [2.45, 2.75) is 31.7 Å². The number of fused-ring (bicyclic) bond motifs is 1. The van der Waals surface area contributed by atoms with Crippen molar-refractivity contribution in [1.82, 2.24) is 14.9 Å². The fourth-order valence-electron chi connectivity index (χ4n) is 1.76. The van der Waals surface area contributed by atoms with Gasteiger partial charge in [-0.05, 0) is 6.92 Å². The van der Waals surface area contributed by atoms with E-state index in [1.165, 1.54) is 6.26 Å². The zero-order valence-electron chi connectivity index (χ0n) is 8.24. The lowest BCUT2D eigenvalue weighted by molar-refractivity contribution is 0.560. The van der Waals surface area contributed by atoms with Gasteiger partial charge in [0.15, 0.2) is 0 Å². The molecule has 0 spiro atoms. The molecule has 0 aromatic carbocycles. The molecule has 0 unspecified atom stereocenters. The van der Waals surface area contributed by atoms with Crippen molar-refractivity contribution < 1.29 is 8.42 Å². The van der Waals surface area contributed by atoms with Gasteiger partial charge in [-0.3, -0.25) is 0 Å². The minimum absolute atomic E-state index is 0.200. The van der Waals surface area contributed by atoms with Crippen LogP contribution in [0.1, 0.15) is 18.3 Å². The molecule has 0 radical (unpaired) electrons. The first-order valence-corrected chi connectivity index (χ1v) is 6.42. The van der Waals surface area contributed by atoms with E-state index >= 15 is 0 Å². The van der Waals surface area contributed by atoms with Gasteiger partial charge < -0.3 is 9.88 Å². The van der Waals surface area contributed by atoms with Crippen LogP contribution in [0.15, 0.2) is 5.16 Å². The highest BCUT2D eigenvalue weighted by Crippen LogP contribution is 2.19. The highest BCUT2D eigenvalue weighted by Gasteiger charge is 2.24. The van der Waals surface area contributed by atoms with E-state index in [9.17, 15) is 8.42 Å². The Hall–Kier alpha value is -0.880. The largest absolute Gasteiger partial charge is 0.318 e. The van der Waals surface area contributed by atoms with Gasteiger partial charge >= 0.3 is 0 Å². The predicted octanol–water partition coefficient (Wildman–Crippen LogP) is -0.0903. The van der Waals surface area contributed by atoms with Crippen LogP contribution in [-0.2, 0) is 29.5 Å². The molecule has 0 amide bonds. The summed E-state index contributed by atoms with van der Waals surface area (Å²) in [5.41, 5.74) is 1.88. The Labute approximate surface area is 83.1 Å². The van der Waals surface area contributed by atoms with E-state index in [0.717, 1.165) is 11.4 Å². The molecule has 0 atom stereocenters. The van der Waals surface area contributed by atoms with Crippen molar-refractivity contribution in [1.29, 1.82) is 0 Å². The number of imidazole rings is 1. The lowest BCUT2D eigenvalue weighted by atomic mass is 10.4. The summed E-state index contributed by atoms with van der Waals surface area (Å²) in [6, 6.07) is 0. The summed E-state index contributed by atoms with van der Waals surface area (Å²) in [4.78, 5) is 4.15. The monoisotopic (exact) mass is 215 g/mol. The molecule has 2 heterocycles. The molecule has 0 bridgehead atoms. The highest BCUT2D eigenvalue weighted by atomic mass is 32.2. The maximum Gasteiger partial charge on any atom is 0.227 e.